The van der Waals surface area contributed by atoms with Gasteiger partial charge in [0, 0.05) is 23.5 Å². The average molecular weight is 298 g/mol. The third kappa shape index (κ3) is 2.27. The van der Waals surface area contributed by atoms with E-state index in [2.05, 4.69) is 27.7 Å². The number of amidine groups is 3. The molecule has 0 fully saturated rings. The van der Waals surface area contributed by atoms with Crippen molar-refractivity contribution in [3.63, 3.8) is 0 Å². The summed E-state index contributed by atoms with van der Waals surface area (Å²) >= 11 is 0. The van der Waals surface area contributed by atoms with Crippen LogP contribution in [0.1, 0.15) is 53.4 Å². The fourth-order valence-corrected chi connectivity index (χ4v) is 4.35. The third-order valence-corrected chi connectivity index (χ3v) is 6.15. The fourth-order valence-electron chi connectivity index (χ4n) is 4.35. The van der Waals surface area contributed by atoms with Gasteiger partial charge in [0.05, 0.1) is 6.04 Å². The number of fused-ring (bicyclic) bond motifs is 3. The van der Waals surface area contributed by atoms with E-state index < -0.39 is 0 Å². The number of aliphatic imine (C=N–C) groups is 4. The molecule has 22 heavy (non-hydrogen) atoms. The van der Waals surface area contributed by atoms with E-state index in [0.29, 0.717) is 35.6 Å². The molecule has 4 aliphatic heterocycles. The maximum absolute atomic E-state index is 4.86. The highest BCUT2D eigenvalue weighted by Crippen LogP contribution is 2.40. The molecule has 0 aromatic heterocycles. The molecule has 4 nitrogen and oxygen atoms in total. The zero-order chi connectivity index (χ0) is 15.4. The van der Waals surface area contributed by atoms with Crippen LogP contribution in [0.5, 0.6) is 0 Å². The Kier molecular flexibility index (Phi) is 3.31. The van der Waals surface area contributed by atoms with Crippen molar-refractivity contribution < 1.29 is 0 Å². The summed E-state index contributed by atoms with van der Waals surface area (Å²) in [4.78, 5) is 19.3. The lowest BCUT2D eigenvalue weighted by Crippen LogP contribution is -2.40. The molecule has 0 N–H and O–H groups in total. The summed E-state index contributed by atoms with van der Waals surface area (Å²) in [6.45, 7) is 8.94. The van der Waals surface area contributed by atoms with Crippen LogP contribution in [0.15, 0.2) is 20.0 Å². The summed E-state index contributed by atoms with van der Waals surface area (Å²) in [5.74, 6) is 6.00. The van der Waals surface area contributed by atoms with E-state index in [-0.39, 0.29) is 0 Å². The van der Waals surface area contributed by atoms with E-state index in [1.165, 1.54) is 31.4 Å². The predicted molar refractivity (Wildman–Crippen MR) is 92.1 cm³/mol. The lowest BCUT2D eigenvalue weighted by Gasteiger charge is -2.39. The SMILES string of the molecule is CC1=NC2=NC3=NC4=NC(C)C(C)CC4CC3CC2CC1C. The van der Waals surface area contributed by atoms with Gasteiger partial charge in [-0.25, -0.2) is 15.0 Å². The molecule has 4 heterocycles. The molecule has 0 aliphatic carbocycles. The van der Waals surface area contributed by atoms with Crippen LogP contribution in [0.25, 0.3) is 0 Å². The minimum atomic E-state index is 0.395. The first kappa shape index (κ1) is 14.3. The summed E-state index contributed by atoms with van der Waals surface area (Å²) in [5, 5.41) is 0. The van der Waals surface area contributed by atoms with Gasteiger partial charge in [-0.2, -0.15) is 0 Å². The van der Waals surface area contributed by atoms with Crippen LogP contribution in [-0.4, -0.2) is 29.3 Å². The maximum Gasteiger partial charge on any atom is 0.135 e. The largest absolute Gasteiger partial charge is 0.267 e. The van der Waals surface area contributed by atoms with Crippen LogP contribution in [0.4, 0.5) is 0 Å². The van der Waals surface area contributed by atoms with Crippen molar-refractivity contribution in [1.29, 1.82) is 0 Å². The molecule has 0 saturated heterocycles. The molecule has 6 unspecified atom stereocenters. The van der Waals surface area contributed by atoms with E-state index in [0.717, 1.165) is 17.5 Å². The molecule has 0 radical (unpaired) electrons. The first-order chi connectivity index (χ1) is 10.5. The Bertz CT molecular complexity index is 613. The molecule has 0 saturated carbocycles. The first-order valence-electron chi connectivity index (χ1n) is 8.81. The number of nitrogens with zero attached hydrogens (tertiary/aromatic N) is 4. The molecule has 0 amide bonds. The standard InChI is InChI=1S/C18H26N4/c1-9-5-13-7-15-8-14-6-10(2)12(4)20-17(14)22-18(15)21-16(13)19-11(9)3/h9-11,13-15H,5-8H2,1-4H3. The highest BCUT2D eigenvalue weighted by molar-refractivity contribution is 6.11. The Morgan fingerprint density at radius 3 is 2.09 bits per heavy atom. The van der Waals surface area contributed by atoms with Crippen LogP contribution < -0.4 is 0 Å². The minimum Gasteiger partial charge on any atom is -0.267 e. The van der Waals surface area contributed by atoms with Crippen molar-refractivity contribution in [1.82, 2.24) is 0 Å². The Labute approximate surface area is 133 Å². The second-order valence-corrected chi connectivity index (χ2v) is 7.83. The smallest absolute Gasteiger partial charge is 0.135 e. The van der Waals surface area contributed by atoms with Gasteiger partial charge >= 0.3 is 0 Å². The van der Waals surface area contributed by atoms with Gasteiger partial charge in [0.2, 0.25) is 0 Å². The maximum atomic E-state index is 4.86. The van der Waals surface area contributed by atoms with Crippen molar-refractivity contribution in [2.45, 2.75) is 59.4 Å². The first-order valence-corrected chi connectivity index (χ1v) is 8.81. The van der Waals surface area contributed by atoms with Crippen LogP contribution in [0.3, 0.4) is 0 Å². The summed E-state index contributed by atoms with van der Waals surface area (Å²) < 4.78 is 0. The van der Waals surface area contributed by atoms with Crippen LogP contribution >= 0.6 is 0 Å². The lowest BCUT2D eigenvalue weighted by molar-refractivity contribution is 0.325. The summed E-state index contributed by atoms with van der Waals surface area (Å²) in [7, 11) is 0. The third-order valence-electron chi connectivity index (χ3n) is 6.15. The molecule has 4 aliphatic rings. The van der Waals surface area contributed by atoms with Crippen molar-refractivity contribution in [2.24, 2.45) is 49.6 Å². The Morgan fingerprint density at radius 2 is 1.32 bits per heavy atom. The van der Waals surface area contributed by atoms with Gasteiger partial charge in [-0.3, -0.25) is 4.99 Å². The normalized spacial score (nSPS) is 43.8. The lowest BCUT2D eigenvalue weighted by atomic mass is 9.74. The Balaban J connectivity index is 1.69. The highest BCUT2D eigenvalue weighted by atomic mass is 15.1. The van der Waals surface area contributed by atoms with E-state index in [9.17, 15) is 0 Å². The molecule has 0 bridgehead atoms. The molecule has 6 atom stereocenters. The molecule has 0 aromatic carbocycles. The molecule has 4 heteroatoms. The predicted octanol–water partition coefficient (Wildman–Crippen LogP) is 3.77. The van der Waals surface area contributed by atoms with Gasteiger partial charge in [0.25, 0.3) is 0 Å². The highest BCUT2D eigenvalue weighted by Gasteiger charge is 2.40. The summed E-state index contributed by atoms with van der Waals surface area (Å²) in [6.07, 6.45) is 4.82. The molecule has 0 aromatic rings. The van der Waals surface area contributed by atoms with E-state index in [4.69, 9.17) is 20.0 Å². The Hall–Kier alpha value is -1.32. The fraction of sp³-hybridized carbons (Fsp3) is 0.778. The number of rotatable bonds is 0. The number of hydrogen-bond acceptors (Lipinski definition) is 4. The molecule has 0 spiro atoms. The quantitative estimate of drug-likeness (QED) is 0.654. The van der Waals surface area contributed by atoms with Gasteiger partial charge in [-0.05, 0) is 51.4 Å². The minimum absolute atomic E-state index is 0.395. The van der Waals surface area contributed by atoms with Gasteiger partial charge in [-0.1, -0.05) is 13.8 Å². The van der Waals surface area contributed by atoms with Gasteiger partial charge < -0.3 is 0 Å². The van der Waals surface area contributed by atoms with Gasteiger partial charge in [-0.15, -0.1) is 0 Å². The summed E-state index contributed by atoms with van der Waals surface area (Å²) in [6, 6.07) is 0.395. The molecule has 118 valence electrons. The van der Waals surface area contributed by atoms with Crippen LogP contribution in [-0.2, 0) is 0 Å². The zero-order valence-electron chi connectivity index (χ0n) is 14.1. The Morgan fingerprint density at radius 1 is 0.727 bits per heavy atom. The number of hydrogen-bond donors (Lipinski definition) is 0. The molecular formula is C18H26N4. The molecule has 4 rings (SSSR count). The van der Waals surface area contributed by atoms with E-state index in [1.54, 1.807) is 0 Å². The van der Waals surface area contributed by atoms with Crippen LogP contribution in [0.2, 0.25) is 0 Å². The van der Waals surface area contributed by atoms with Gasteiger partial charge in [0.1, 0.15) is 17.5 Å². The van der Waals surface area contributed by atoms with Crippen molar-refractivity contribution in [3.8, 4) is 0 Å². The molecular weight excluding hydrogens is 272 g/mol. The average Bonchev–Trinajstić information content (AvgIpc) is 2.46. The van der Waals surface area contributed by atoms with E-state index >= 15 is 0 Å². The second-order valence-electron chi connectivity index (χ2n) is 7.83. The summed E-state index contributed by atoms with van der Waals surface area (Å²) in [5.41, 5.74) is 1.22. The van der Waals surface area contributed by atoms with Crippen molar-refractivity contribution in [3.05, 3.63) is 0 Å². The van der Waals surface area contributed by atoms with E-state index in [1.807, 2.05) is 0 Å². The monoisotopic (exact) mass is 298 g/mol. The van der Waals surface area contributed by atoms with Gasteiger partial charge in [0.15, 0.2) is 0 Å². The van der Waals surface area contributed by atoms with Crippen LogP contribution in [0, 0.1) is 29.6 Å². The van der Waals surface area contributed by atoms with Crippen molar-refractivity contribution >= 4 is 23.2 Å². The topological polar surface area (TPSA) is 49.4 Å². The zero-order valence-corrected chi connectivity index (χ0v) is 14.1. The van der Waals surface area contributed by atoms with Crippen molar-refractivity contribution in [2.75, 3.05) is 0 Å². The second kappa shape index (κ2) is 5.10.